The van der Waals surface area contributed by atoms with Gasteiger partial charge in [0.25, 0.3) is 5.69 Å². The lowest BCUT2D eigenvalue weighted by molar-refractivity contribution is -0.384. The minimum atomic E-state index is -0.417. The molecule has 114 valence electrons. The van der Waals surface area contributed by atoms with Crippen molar-refractivity contribution in [2.24, 2.45) is 0 Å². The number of benzene rings is 3. The van der Waals surface area contributed by atoms with Crippen LogP contribution in [0.5, 0.6) is 0 Å². The predicted molar refractivity (Wildman–Crippen MR) is 89.4 cm³/mol. The van der Waals surface area contributed by atoms with Gasteiger partial charge in [0.1, 0.15) is 0 Å². The zero-order valence-electron chi connectivity index (χ0n) is 12.3. The summed E-state index contributed by atoms with van der Waals surface area (Å²) in [6, 6.07) is 26.5. The summed E-state index contributed by atoms with van der Waals surface area (Å²) < 4.78 is 0. The lowest BCUT2D eigenvalue weighted by atomic mass is 10.0. The highest BCUT2D eigenvalue weighted by Gasteiger charge is 2.06. The van der Waals surface area contributed by atoms with Gasteiger partial charge in [-0.15, -0.1) is 0 Å². The highest BCUT2D eigenvalue weighted by Crippen LogP contribution is 2.08. The van der Waals surface area contributed by atoms with E-state index < -0.39 is 4.92 Å². The predicted octanol–water partition coefficient (Wildman–Crippen LogP) is 4.51. The van der Waals surface area contributed by atoms with E-state index in [4.69, 9.17) is 0 Å². The molecule has 0 aliphatic carbocycles. The molecule has 4 nitrogen and oxygen atoms in total. The molecule has 0 N–H and O–H groups in total. The number of hydrogen-bond donors (Lipinski definition) is 0. The van der Waals surface area contributed by atoms with E-state index >= 15 is 0 Å². The summed E-state index contributed by atoms with van der Waals surface area (Å²) in [5.74, 6) is 0.0752. The summed E-state index contributed by atoms with van der Waals surface area (Å²) in [4.78, 5) is 21.4. The quantitative estimate of drug-likeness (QED) is 0.406. The Morgan fingerprint density at radius 1 is 0.652 bits per heavy atom. The molecule has 0 atom stereocenters. The average molecular weight is 305 g/mol. The highest BCUT2D eigenvalue weighted by atomic mass is 16.6. The van der Waals surface area contributed by atoms with Gasteiger partial charge in [-0.05, 0) is 0 Å². The Morgan fingerprint density at radius 3 is 1.30 bits per heavy atom. The van der Waals surface area contributed by atoms with E-state index in [9.17, 15) is 14.9 Å². The number of ketones is 1. The van der Waals surface area contributed by atoms with Gasteiger partial charge in [0.2, 0.25) is 0 Å². The van der Waals surface area contributed by atoms with Crippen LogP contribution in [-0.4, -0.2) is 10.7 Å². The second-order valence-corrected chi connectivity index (χ2v) is 4.65. The van der Waals surface area contributed by atoms with Crippen LogP contribution in [0, 0.1) is 10.1 Å². The van der Waals surface area contributed by atoms with E-state index in [0.717, 1.165) is 11.1 Å². The third-order valence-corrected chi connectivity index (χ3v) is 3.04. The van der Waals surface area contributed by atoms with E-state index in [2.05, 4.69) is 0 Å². The van der Waals surface area contributed by atoms with E-state index in [-0.39, 0.29) is 11.5 Å². The molecule has 0 fully saturated rings. The first-order valence-corrected chi connectivity index (χ1v) is 7.02. The number of nitrogens with zero attached hydrogens (tertiary/aromatic N) is 1. The van der Waals surface area contributed by atoms with E-state index in [0.29, 0.717) is 0 Å². The third-order valence-electron chi connectivity index (χ3n) is 3.04. The lowest BCUT2D eigenvalue weighted by Gasteiger charge is -1.99. The van der Waals surface area contributed by atoms with Crippen molar-refractivity contribution >= 4 is 11.5 Å². The van der Waals surface area contributed by atoms with Crippen LogP contribution in [0.1, 0.15) is 15.9 Å². The molecule has 0 unspecified atom stereocenters. The maximum Gasteiger partial charge on any atom is 0.269 e. The Hall–Kier alpha value is -3.27. The molecule has 0 amide bonds. The molecule has 3 aromatic carbocycles. The first-order chi connectivity index (χ1) is 11.2. The van der Waals surface area contributed by atoms with Gasteiger partial charge < -0.3 is 0 Å². The number of carbonyl (C=O) groups excluding carboxylic acids is 1. The first kappa shape index (κ1) is 16.1. The summed E-state index contributed by atoms with van der Waals surface area (Å²) in [5.41, 5.74) is 1.61. The SMILES string of the molecule is O=C(c1ccccc1)c1ccccc1.O=[N+]([O-])c1ccccc1. The van der Waals surface area contributed by atoms with Crippen molar-refractivity contribution < 1.29 is 9.72 Å². The number of para-hydroxylation sites is 1. The number of non-ortho nitro benzene ring substituents is 1. The molecule has 3 rings (SSSR count). The summed E-state index contributed by atoms with van der Waals surface area (Å²) in [6.45, 7) is 0. The highest BCUT2D eigenvalue weighted by molar-refractivity contribution is 6.08. The standard InChI is InChI=1S/C13H10O.C6H5NO2/c14-13(11-7-3-1-4-8-11)12-9-5-2-6-10-12;8-7(9)6-4-2-1-3-5-6/h1-10H;1-5H. The van der Waals surface area contributed by atoms with Gasteiger partial charge in [0, 0.05) is 23.3 Å². The van der Waals surface area contributed by atoms with E-state index in [1.165, 1.54) is 12.1 Å². The molecule has 3 aromatic rings. The van der Waals surface area contributed by atoms with Crippen molar-refractivity contribution in [2.45, 2.75) is 0 Å². The van der Waals surface area contributed by atoms with Crippen LogP contribution >= 0.6 is 0 Å². The van der Waals surface area contributed by atoms with Crippen LogP contribution in [0.4, 0.5) is 5.69 Å². The molecule has 0 saturated heterocycles. The maximum absolute atomic E-state index is 11.8. The molecular formula is C19H15NO3. The van der Waals surface area contributed by atoms with Crippen molar-refractivity contribution in [2.75, 3.05) is 0 Å². The van der Waals surface area contributed by atoms with Gasteiger partial charge in [0.15, 0.2) is 5.78 Å². The largest absolute Gasteiger partial charge is 0.289 e. The zero-order chi connectivity index (χ0) is 16.5. The van der Waals surface area contributed by atoms with Crippen LogP contribution in [0.25, 0.3) is 0 Å². The van der Waals surface area contributed by atoms with Crippen LogP contribution in [-0.2, 0) is 0 Å². The number of nitro benzene ring substituents is 1. The lowest BCUT2D eigenvalue weighted by Crippen LogP contribution is -1.99. The Labute approximate surface area is 134 Å². The van der Waals surface area contributed by atoms with Crippen LogP contribution in [0.3, 0.4) is 0 Å². The summed E-state index contributed by atoms with van der Waals surface area (Å²) >= 11 is 0. The molecule has 0 bridgehead atoms. The Morgan fingerprint density at radius 2 is 1.00 bits per heavy atom. The molecule has 4 heteroatoms. The van der Waals surface area contributed by atoms with Crippen LogP contribution < -0.4 is 0 Å². The van der Waals surface area contributed by atoms with Gasteiger partial charge in [-0.25, -0.2) is 0 Å². The zero-order valence-corrected chi connectivity index (χ0v) is 12.3. The number of nitro groups is 1. The Bertz CT molecular complexity index is 715. The van der Waals surface area contributed by atoms with Gasteiger partial charge >= 0.3 is 0 Å². The first-order valence-electron chi connectivity index (χ1n) is 7.02. The fourth-order valence-electron chi connectivity index (χ4n) is 1.90. The summed E-state index contributed by atoms with van der Waals surface area (Å²) in [5, 5.41) is 10.0. The van der Waals surface area contributed by atoms with E-state index in [1.807, 2.05) is 60.7 Å². The van der Waals surface area contributed by atoms with Crippen molar-refractivity contribution in [3.63, 3.8) is 0 Å². The average Bonchev–Trinajstić information content (AvgIpc) is 2.64. The van der Waals surface area contributed by atoms with Crippen molar-refractivity contribution in [3.05, 3.63) is 112 Å². The Kier molecular flexibility index (Phi) is 5.77. The molecule has 23 heavy (non-hydrogen) atoms. The van der Waals surface area contributed by atoms with E-state index in [1.54, 1.807) is 18.2 Å². The summed E-state index contributed by atoms with van der Waals surface area (Å²) in [7, 11) is 0. The topological polar surface area (TPSA) is 60.2 Å². The summed E-state index contributed by atoms with van der Waals surface area (Å²) in [6.07, 6.45) is 0. The molecule has 0 spiro atoms. The normalized spacial score (nSPS) is 9.39. The monoisotopic (exact) mass is 305 g/mol. The Balaban J connectivity index is 0.000000185. The van der Waals surface area contributed by atoms with Crippen LogP contribution in [0.2, 0.25) is 0 Å². The van der Waals surface area contributed by atoms with Crippen molar-refractivity contribution in [3.8, 4) is 0 Å². The van der Waals surface area contributed by atoms with Gasteiger partial charge in [-0.2, -0.15) is 0 Å². The van der Waals surface area contributed by atoms with Gasteiger partial charge in [-0.1, -0.05) is 78.9 Å². The van der Waals surface area contributed by atoms with Crippen molar-refractivity contribution in [1.29, 1.82) is 0 Å². The molecule has 0 aromatic heterocycles. The molecular weight excluding hydrogens is 290 g/mol. The number of carbonyl (C=O) groups is 1. The number of rotatable bonds is 3. The molecule has 0 aliphatic rings. The molecule has 0 saturated carbocycles. The fraction of sp³-hybridized carbons (Fsp3) is 0. The number of hydrogen-bond acceptors (Lipinski definition) is 3. The van der Waals surface area contributed by atoms with Crippen LogP contribution in [0.15, 0.2) is 91.0 Å². The third kappa shape index (κ3) is 4.89. The smallest absolute Gasteiger partial charge is 0.269 e. The van der Waals surface area contributed by atoms with Gasteiger partial charge in [-0.3, -0.25) is 14.9 Å². The molecule has 0 aliphatic heterocycles. The molecule has 0 heterocycles. The second-order valence-electron chi connectivity index (χ2n) is 4.65. The van der Waals surface area contributed by atoms with Crippen molar-refractivity contribution in [1.82, 2.24) is 0 Å². The minimum Gasteiger partial charge on any atom is -0.289 e. The fourth-order valence-corrected chi connectivity index (χ4v) is 1.90. The molecule has 0 radical (unpaired) electrons. The second kappa shape index (κ2) is 8.24. The van der Waals surface area contributed by atoms with Gasteiger partial charge in [0.05, 0.1) is 4.92 Å². The maximum atomic E-state index is 11.8. The minimum absolute atomic E-state index is 0.0752.